The van der Waals surface area contributed by atoms with E-state index in [9.17, 15) is 9.18 Å². The number of carbonyl (C=O) groups excluding carboxylic acids is 1. The lowest BCUT2D eigenvalue weighted by Gasteiger charge is -2.35. The van der Waals surface area contributed by atoms with Crippen molar-refractivity contribution >= 4 is 23.5 Å². The summed E-state index contributed by atoms with van der Waals surface area (Å²) in [6.45, 7) is 2.72. The van der Waals surface area contributed by atoms with E-state index in [1.807, 2.05) is 35.2 Å². The third-order valence-electron chi connectivity index (χ3n) is 5.17. The number of nitrogens with zero attached hydrogens (tertiary/aromatic N) is 4. The van der Waals surface area contributed by atoms with Gasteiger partial charge in [-0.05, 0) is 48.5 Å². The lowest BCUT2D eigenvalue weighted by atomic mass is 10.1. The highest BCUT2D eigenvalue weighted by molar-refractivity contribution is 8.00. The average Bonchev–Trinajstić information content (AvgIpc) is 2.84. The summed E-state index contributed by atoms with van der Waals surface area (Å²) >= 11 is 1.43. The second-order valence-corrected chi connectivity index (χ2v) is 8.15. The zero-order valence-electron chi connectivity index (χ0n) is 17.2. The number of amides is 1. The van der Waals surface area contributed by atoms with Gasteiger partial charge in [0.25, 0.3) is 0 Å². The van der Waals surface area contributed by atoms with Crippen molar-refractivity contribution in [2.24, 2.45) is 0 Å². The molecule has 0 bridgehead atoms. The van der Waals surface area contributed by atoms with E-state index in [1.165, 1.54) is 23.9 Å². The van der Waals surface area contributed by atoms with Crippen LogP contribution in [0.2, 0.25) is 0 Å². The molecule has 2 aromatic carbocycles. The van der Waals surface area contributed by atoms with Gasteiger partial charge in [0, 0.05) is 42.7 Å². The Labute approximate surface area is 185 Å². The Hall–Kier alpha value is -3.13. The molecule has 4 rings (SSSR count). The monoisotopic (exact) mass is 438 g/mol. The van der Waals surface area contributed by atoms with Gasteiger partial charge in [-0.2, -0.15) is 0 Å². The van der Waals surface area contributed by atoms with E-state index in [2.05, 4.69) is 14.9 Å². The molecule has 1 aliphatic rings. The summed E-state index contributed by atoms with van der Waals surface area (Å²) in [5.74, 6) is 1.83. The van der Waals surface area contributed by atoms with Crippen LogP contribution in [0, 0.1) is 5.82 Å². The van der Waals surface area contributed by atoms with Crippen LogP contribution in [0.15, 0.2) is 65.8 Å². The molecule has 0 radical (unpaired) electrons. The van der Waals surface area contributed by atoms with E-state index in [0.29, 0.717) is 31.9 Å². The quantitative estimate of drug-likeness (QED) is 0.547. The fraction of sp³-hybridized carbons (Fsp3) is 0.261. The Morgan fingerprint density at radius 3 is 2.42 bits per heavy atom. The van der Waals surface area contributed by atoms with E-state index in [4.69, 9.17) is 4.74 Å². The zero-order valence-corrected chi connectivity index (χ0v) is 18.0. The SMILES string of the molecule is COc1ccc(-c2cc(N3CCN(C(=O)CSc4ccc(F)cc4)CC3)ncn2)cc1. The second kappa shape index (κ2) is 9.78. The van der Waals surface area contributed by atoms with Crippen LogP contribution in [0.5, 0.6) is 5.75 Å². The molecule has 1 fully saturated rings. The molecule has 31 heavy (non-hydrogen) atoms. The van der Waals surface area contributed by atoms with Crippen LogP contribution in [0.25, 0.3) is 11.3 Å². The molecule has 0 N–H and O–H groups in total. The van der Waals surface area contributed by atoms with E-state index in [-0.39, 0.29) is 11.7 Å². The number of thioether (sulfide) groups is 1. The first-order valence-electron chi connectivity index (χ1n) is 10.00. The van der Waals surface area contributed by atoms with Crippen LogP contribution in [0.3, 0.4) is 0 Å². The molecule has 8 heteroatoms. The summed E-state index contributed by atoms with van der Waals surface area (Å²) < 4.78 is 18.2. The molecule has 0 saturated carbocycles. The number of hydrogen-bond acceptors (Lipinski definition) is 6. The molecule has 0 spiro atoms. The minimum absolute atomic E-state index is 0.0931. The van der Waals surface area contributed by atoms with Crippen molar-refractivity contribution in [1.29, 1.82) is 0 Å². The Kier molecular flexibility index (Phi) is 6.66. The van der Waals surface area contributed by atoms with E-state index < -0.39 is 0 Å². The maximum absolute atomic E-state index is 13.0. The highest BCUT2D eigenvalue weighted by Crippen LogP contribution is 2.24. The first-order valence-corrected chi connectivity index (χ1v) is 11.0. The molecule has 1 aliphatic heterocycles. The van der Waals surface area contributed by atoms with Crippen molar-refractivity contribution in [3.05, 3.63) is 66.7 Å². The third-order valence-corrected chi connectivity index (χ3v) is 6.17. The standard InChI is InChI=1S/C23H23FN4O2S/c1-30-19-6-2-17(3-7-19)21-14-22(26-16-25-21)27-10-12-28(13-11-27)23(29)15-31-20-8-4-18(24)5-9-20/h2-9,14,16H,10-13,15H2,1H3. The first-order chi connectivity index (χ1) is 15.1. The fourth-order valence-corrected chi connectivity index (χ4v) is 4.19. The molecule has 6 nitrogen and oxygen atoms in total. The fourth-order valence-electron chi connectivity index (χ4n) is 3.39. The van der Waals surface area contributed by atoms with Gasteiger partial charge in [0.05, 0.1) is 18.6 Å². The number of aromatic nitrogens is 2. The van der Waals surface area contributed by atoms with Gasteiger partial charge in [-0.25, -0.2) is 14.4 Å². The lowest BCUT2D eigenvalue weighted by molar-refractivity contribution is -0.128. The largest absolute Gasteiger partial charge is 0.497 e. The average molecular weight is 439 g/mol. The topological polar surface area (TPSA) is 58.6 Å². The number of piperazine rings is 1. The Balaban J connectivity index is 1.33. The van der Waals surface area contributed by atoms with Gasteiger partial charge < -0.3 is 14.5 Å². The normalized spacial score (nSPS) is 13.9. The van der Waals surface area contributed by atoms with Gasteiger partial charge in [-0.3, -0.25) is 4.79 Å². The number of rotatable bonds is 6. The second-order valence-electron chi connectivity index (χ2n) is 7.10. The molecule has 1 amide bonds. The maximum atomic E-state index is 13.0. The van der Waals surface area contributed by atoms with Crippen molar-refractivity contribution in [1.82, 2.24) is 14.9 Å². The van der Waals surface area contributed by atoms with Gasteiger partial charge >= 0.3 is 0 Å². The molecule has 160 valence electrons. The summed E-state index contributed by atoms with van der Waals surface area (Å²) in [5, 5.41) is 0. The van der Waals surface area contributed by atoms with Crippen LogP contribution in [-0.2, 0) is 4.79 Å². The van der Waals surface area contributed by atoms with Gasteiger partial charge in [0.1, 0.15) is 23.7 Å². The Bertz CT molecular complexity index is 1020. The number of benzene rings is 2. The van der Waals surface area contributed by atoms with Crippen molar-refractivity contribution in [2.75, 3.05) is 43.9 Å². The first kappa shape index (κ1) is 21.1. The molecule has 1 aromatic heterocycles. The molecule has 3 aromatic rings. The minimum Gasteiger partial charge on any atom is -0.497 e. The molecule has 0 aliphatic carbocycles. The lowest BCUT2D eigenvalue weighted by Crippen LogP contribution is -2.49. The number of anilines is 1. The maximum Gasteiger partial charge on any atom is 0.233 e. The number of ether oxygens (including phenoxy) is 1. The van der Waals surface area contributed by atoms with Gasteiger partial charge in [-0.15, -0.1) is 11.8 Å². The summed E-state index contributed by atoms with van der Waals surface area (Å²) in [6, 6.07) is 15.9. The van der Waals surface area contributed by atoms with Crippen molar-refractivity contribution < 1.29 is 13.9 Å². The summed E-state index contributed by atoms with van der Waals surface area (Å²) in [4.78, 5) is 26.3. The van der Waals surface area contributed by atoms with Crippen LogP contribution >= 0.6 is 11.8 Å². The van der Waals surface area contributed by atoms with Crippen molar-refractivity contribution in [3.63, 3.8) is 0 Å². The van der Waals surface area contributed by atoms with E-state index in [1.54, 1.807) is 25.6 Å². The van der Waals surface area contributed by atoms with Crippen molar-refractivity contribution in [3.8, 4) is 17.0 Å². The number of methoxy groups -OCH3 is 1. The van der Waals surface area contributed by atoms with Crippen LogP contribution in [-0.4, -0.2) is 59.8 Å². The zero-order chi connectivity index (χ0) is 21.6. The Morgan fingerprint density at radius 2 is 1.74 bits per heavy atom. The predicted molar refractivity (Wildman–Crippen MR) is 120 cm³/mol. The Morgan fingerprint density at radius 1 is 1.03 bits per heavy atom. The minimum atomic E-state index is -0.272. The molecule has 1 saturated heterocycles. The predicted octanol–water partition coefficient (Wildman–Crippen LogP) is 3.73. The number of halogens is 1. The molecular weight excluding hydrogens is 415 g/mol. The summed E-state index contributed by atoms with van der Waals surface area (Å²) in [6.07, 6.45) is 1.58. The van der Waals surface area contributed by atoms with Crippen molar-refractivity contribution in [2.45, 2.75) is 4.90 Å². The summed E-state index contributed by atoms with van der Waals surface area (Å²) in [5.41, 5.74) is 1.85. The third kappa shape index (κ3) is 5.32. The smallest absolute Gasteiger partial charge is 0.233 e. The summed E-state index contributed by atoms with van der Waals surface area (Å²) in [7, 11) is 1.64. The van der Waals surface area contributed by atoms with Gasteiger partial charge in [-0.1, -0.05) is 0 Å². The highest BCUT2D eigenvalue weighted by atomic mass is 32.2. The molecule has 0 atom stereocenters. The van der Waals surface area contributed by atoms with Crippen LogP contribution < -0.4 is 9.64 Å². The van der Waals surface area contributed by atoms with E-state index in [0.717, 1.165) is 27.7 Å². The highest BCUT2D eigenvalue weighted by Gasteiger charge is 2.22. The molecule has 0 unspecified atom stereocenters. The van der Waals surface area contributed by atoms with Gasteiger partial charge in [0.15, 0.2) is 0 Å². The van der Waals surface area contributed by atoms with Crippen LogP contribution in [0.4, 0.5) is 10.2 Å². The number of carbonyl (C=O) groups is 1. The van der Waals surface area contributed by atoms with E-state index >= 15 is 0 Å². The number of hydrogen-bond donors (Lipinski definition) is 0. The molecule has 2 heterocycles. The van der Waals surface area contributed by atoms with Gasteiger partial charge in [0.2, 0.25) is 5.91 Å². The molecular formula is C23H23FN4O2S. The van der Waals surface area contributed by atoms with Crippen LogP contribution in [0.1, 0.15) is 0 Å².